The summed E-state index contributed by atoms with van der Waals surface area (Å²) in [5, 5.41) is 9.04. The normalized spacial score (nSPS) is 18.2. The Bertz CT molecular complexity index is 1620. The van der Waals surface area contributed by atoms with Gasteiger partial charge < -0.3 is 24.8 Å². The molecule has 12 heteroatoms. The molecule has 3 aromatic heterocycles. The van der Waals surface area contributed by atoms with Crippen molar-refractivity contribution in [3.8, 4) is 5.69 Å². The molecule has 6 rings (SSSR count). The number of piperazine rings is 1. The number of ether oxygens (including phenoxy) is 1. The highest BCUT2D eigenvalue weighted by Gasteiger charge is 2.47. The van der Waals surface area contributed by atoms with Gasteiger partial charge in [0.05, 0.1) is 29.5 Å². The number of carbonyl (C=O) groups is 2. The zero-order valence-electron chi connectivity index (χ0n) is 23.8. The Labute approximate surface area is 237 Å². The van der Waals surface area contributed by atoms with Gasteiger partial charge in [-0.15, -0.1) is 5.10 Å². The first kappa shape index (κ1) is 26.5. The van der Waals surface area contributed by atoms with E-state index in [1.165, 1.54) is 6.92 Å². The lowest BCUT2D eigenvalue weighted by Gasteiger charge is -2.35. The van der Waals surface area contributed by atoms with E-state index in [9.17, 15) is 9.59 Å². The van der Waals surface area contributed by atoms with Crippen LogP contribution in [0.2, 0.25) is 0 Å². The fraction of sp³-hybridized carbons (Fsp3) is 0.379. The van der Waals surface area contributed by atoms with Crippen LogP contribution < -0.4 is 15.1 Å². The first-order chi connectivity index (χ1) is 19.6. The monoisotopic (exact) mass is 555 g/mol. The quantitative estimate of drug-likeness (QED) is 0.387. The van der Waals surface area contributed by atoms with E-state index < -0.39 is 5.60 Å². The maximum Gasteiger partial charge on any atom is 0.410 e. The van der Waals surface area contributed by atoms with Crippen LogP contribution in [0.5, 0.6) is 0 Å². The van der Waals surface area contributed by atoms with Crippen molar-refractivity contribution in [3.63, 3.8) is 0 Å². The third kappa shape index (κ3) is 5.12. The van der Waals surface area contributed by atoms with E-state index in [-0.39, 0.29) is 24.1 Å². The molecular weight excluding hydrogens is 522 g/mol. The summed E-state index contributed by atoms with van der Waals surface area (Å²) in [7, 11) is 1.75. The molecule has 2 saturated heterocycles. The molecule has 41 heavy (non-hydrogen) atoms. The van der Waals surface area contributed by atoms with Crippen molar-refractivity contribution in [1.29, 1.82) is 0 Å². The Balaban J connectivity index is 1.33. The van der Waals surface area contributed by atoms with Gasteiger partial charge in [-0.25, -0.2) is 19.4 Å². The number of amides is 2. The Morgan fingerprint density at radius 1 is 1.05 bits per heavy atom. The molecule has 212 valence electrons. The number of rotatable bonds is 5. The van der Waals surface area contributed by atoms with Crippen molar-refractivity contribution in [2.24, 2.45) is 0 Å². The van der Waals surface area contributed by atoms with Crippen LogP contribution in [0.4, 0.5) is 27.9 Å². The van der Waals surface area contributed by atoms with Crippen LogP contribution >= 0.6 is 0 Å². The first-order valence-corrected chi connectivity index (χ1v) is 13.6. The molecular formula is C29H33N9O3. The number of nitrogens with one attached hydrogen (secondary N) is 1. The fourth-order valence-corrected chi connectivity index (χ4v) is 5.46. The Kier molecular flexibility index (Phi) is 6.47. The molecule has 2 atom stereocenters. The van der Waals surface area contributed by atoms with E-state index in [1.54, 1.807) is 36.7 Å². The van der Waals surface area contributed by atoms with Gasteiger partial charge >= 0.3 is 6.09 Å². The van der Waals surface area contributed by atoms with Gasteiger partial charge in [-0.05, 0) is 51.5 Å². The number of hydrogen-bond donors (Lipinski definition) is 1. The van der Waals surface area contributed by atoms with Gasteiger partial charge in [-0.1, -0.05) is 0 Å². The standard InChI is InChI=1S/C29H33N9O3/c1-18(39)35(5)19-6-7-23-24(13-19)38(34-27(23)33-25-15-30-10-11-31-25)20-8-9-32-26(14-20)36-16-22-12-21(36)17-37(22)28(40)41-29(2,3)4/h6-11,13-15,21-22H,12,16-17H2,1-5H3,(H,31,33,34)/t21-,22-/m0/s1. The van der Waals surface area contributed by atoms with Gasteiger partial charge in [0.15, 0.2) is 5.82 Å². The van der Waals surface area contributed by atoms with Crippen LogP contribution in [0, 0.1) is 0 Å². The zero-order chi connectivity index (χ0) is 28.9. The SMILES string of the molecule is CC(=O)N(C)c1ccc2c(Nc3cnccn3)nn(-c3ccnc(N4C[C@@H]5C[C@H]4CN5C(=O)OC(C)(C)C)c3)c2c1. The summed E-state index contributed by atoms with van der Waals surface area (Å²) < 4.78 is 7.47. The van der Waals surface area contributed by atoms with Crippen molar-refractivity contribution in [1.82, 2.24) is 29.6 Å². The third-order valence-corrected chi connectivity index (χ3v) is 7.47. The summed E-state index contributed by atoms with van der Waals surface area (Å²) in [6, 6.07) is 9.95. The summed E-state index contributed by atoms with van der Waals surface area (Å²) in [5.74, 6) is 1.94. The molecule has 1 N–H and O–H groups in total. The van der Waals surface area contributed by atoms with E-state index in [1.807, 2.05) is 60.7 Å². The summed E-state index contributed by atoms with van der Waals surface area (Å²) in [5.41, 5.74) is 1.87. The first-order valence-electron chi connectivity index (χ1n) is 13.6. The molecule has 0 spiro atoms. The maximum atomic E-state index is 12.7. The Morgan fingerprint density at radius 3 is 2.56 bits per heavy atom. The predicted molar refractivity (Wildman–Crippen MR) is 156 cm³/mol. The van der Waals surface area contributed by atoms with Gasteiger partial charge in [-0.2, -0.15) is 0 Å². The minimum absolute atomic E-state index is 0.0657. The van der Waals surface area contributed by atoms with E-state index in [0.29, 0.717) is 24.7 Å². The minimum atomic E-state index is -0.527. The van der Waals surface area contributed by atoms with Gasteiger partial charge in [-0.3, -0.25) is 9.78 Å². The molecule has 5 heterocycles. The van der Waals surface area contributed by atoms with Crippen molar-refractivity contribution in [3.05, 3.63) is 55.1 Å². The molecule has 4 aromatic rings. The number of pyridine rings is 1. The Morgan fingerprint density at radius 2 is 1.88 bits per heavy atom. The molecule has 12 nitrogen and oxygen atoms in total. The number of fused-ring (bicyclic) bond motifs is 3. The minimum Gasteiger partial charge on any atom is -0.444 e. The number of benzene rings is 1. The van der Waals surface area contributed by atoms with Crippen LogP contribution in [-0.2, 0) is 9.53 Å². The van der Waals surface area contributed by atoms with Gasteiger partial charge in [0.25, 0.3) is 0 Å². The van der Waals surface area contributed by atoms with Crippen LogP contribution in [0.15, 0.2) is 55.1 Å². The number of aromatic nitrogens is 5. The average molecular weight is 556 g/mol. The predicted octanol–water partition coefficient (Wildman–Crippen LogP) is 4.13. The van der Waals surface area contributed by atoms with Crippen LogP contribution in [-0.4, -0.2) is 79.5 Å². The zero-order valence-corrected chi connectivity index (χ0v) is 23.8. The molecule has 2 aliphatic rings. The number of carbonyl (C=O) groups excluding carboxylic acids is 2. The van der Waals surface area contributed by atoms with Gasteiger partial charge in [0.2, 0.25) is 5.91 Å². The summed E-state index contributed by atoms with van der Waals surface area (Å²) in [6.45, 7) is 8.47. The lowest BCUT2D eigenvalue weighted by atomic mass is 10.2. The number of hydrogen-bond acceptors (Lipinski definition) is 9. The Hall–Kier alpha value is -4.74. The van der Waals surface area contributed by atoms with E-state index in [4.69, 9.17) is 9.84 Å². The highest BCUT2D eigenvalue weighted by atomic mass is 16.6. The lowest BCUT2D eigenvalue weighted by molar-refractivity contribution is -0.116. The smallest absolute Gasteiger partial charge is 0.410 e. The number of likely N-dealkylation sites (tertiary alicyclic amines) is 1. The second kappa shape index (κ2) is 10.0. The van der Waals surface area contributed by atoms with Crippen molar-refractivity contribution in [2.45, 2.75) is 51.8 Å². The van der Waals surface area contributed by atoms with E-state index >= 15 is 0 Å². The molecule has 2 aliphatic heterocycles. The summed E-state index contributed by atoms with van der Waals surface area (Å²) in [6.07, 6.45) is 7.26. The average Bonchev–Trinajstić information content (AvgIpc) is 3.65. The molecule has 2 fully saturated rings. The summed E-state index contributed by atoms with van der Waals surface area (Å²) in [4.78, 5) is 43.7. The fourth-order valence-electron chi connectivity index (χ4n) is 5.46. The van der Waals surface area contributed by atoms with Crippen molar-refractivity contribution < 1.29 is 14.3 Å². The molecule has 0 aliphatic carbocycles. The number of anilines is 4. The number of nitrogens with zero attached hydrogens (tertiary/aromatic N) is 8. The summed E-state index contributed by atoms with van der Waals surface area (Å²) >= 11 is 0. The topological polar surface area (TPSA) is 122 Å². The van der Waals surface area contributed by atoms with E-state index in [2.05, 4.69) is 25.2 Å². The van der Waals surface area contributed by atoms with Gasteiger partial charge in [0, 0.05) is 62.8 Å². The lowest BCUT2D eigenvalue weighted by Crippen LogP contribution is -2.50. The maximum absolute atomic E-state index is 12.7. The molecule has 0 saturated carbocycles. The third-order valence-electron chi connectivity index (χ3n) is 7.47. The molecule has 0 unspecified atom stereocenters. The van der Waals surface area contributed by atoms with E-state index in [0.717, 1.165) is 34.5 Å². The largest absolute Gasteiger partial charge is 0.444 e. The van der Waals surface area contributed by atoms with Gasteiger partial charge in [0.1, 0.15) is 17.2 Å². The van der Waals surface area contributed by atoms with Crippen molar-refractivity contribution >= 4 is 46.0 Å². The highest BCUT2D eigenvalue weighted by molar-refractivity contribution is 5.98. The molecule has 2 amide bonds. The second-order valence-corrected chi connectivity index (χ2v) is 11.5. The molecule has 2 bridgehead atoms. The van der Waals surface area contributed by atoms with Crippen LogP contribution in [0.25, 0.3) is 16.6 Å². The highest BCUT2D eigenvalue weighted by Crippen LogP contribution is 2.36. The van der Waals surface area contributed by atoms with Crippen LogP contribution in [0.1, 0.15) is 34.1 Å². The molecule has 1 aromatic carbocycles. The van der Waals surface area contributed by atoms with Crippen LogP contribution in [0.3, 0.4) is 0 Å². The molecule has 0 radical (unpaired) electrons. The van der Waals surface area contributed by atoms with Crippen molar-refractivity contribution in [2.75, 3.05) is 35.3 Å². The second-order valence-electron chi connectivity index (χ2n) is 11.5.